The molecule has 0 atom stereocenters. The average Bonchev–Trinajstić information content (AvgIpc) is 2.43. The molecule has 0 fully saturated rings. The van der Waals surface area contributed by atoms with Crippen LogP contribution in [-0.4, -0.2) is 11.0 Å². The largest absolute Gasteiger partial charge is 0.506 e. The van der Waals surface area contributed by atoms with Gasteiger partial charge in [-0.05, 0) is 48.4 Å². The number of phenolic OH excluding ortho intramolecular Hbond substituents is 1. The molecule has 0 saturated heterocycles. The number of carbonyl (C=O) groups excluding carboxylic acids is 1. The third kappa shape index (κ3) is 4.07. The van der Waals surface area contributed by atoms with Gasteiger partial charge in [0.05, 0.1) is 10.7 Å². The third-order valence-electron chi connectivity index (χ3n) is 2.78. The quantitative estimate of drug-likeness (QED) is 0.661. The normalized spacial score (nSPS) is 10.8. The summed E-state index contributed by atoms with van der Waals surface area (Å²) >= 11 is 5.65. The first-order valence-electron chi connectivity index (χ1n) is 6.19. The van der Waals surface area contributed by atoms with Crippen LogP contribution in [0.5, 0.6) is 5.75 Å². The monoisotopic (exact) mass is 305 g/mol. The highest BCUT2D eigenvalue weighted by atomic mass is 35.5. The van der Waals surface area contributed by atoms with E-state index in [0.717, 1.165) is 5.56 Å². The summed E-state index contributed by atoms with van der Waals surface area (Å²) in [5.41, 5.74) is 1.82. The predicted octanol–water partition coefficient (Wildman–Crippen LogP) is 4.15. The number of aromatic hydroxyl groups is 1. The van der Waals surface area contributed by atoms with Gasteiger partial charge in [-0.1, -0.05) is 23.7 Å². The molecule has 108 valence electrons. The van der Waals surface area contributed by atoms with Crippen LogP contribution >= 0.6 is 11.6 Å². The maximum atomic E-state index is 13.0. The SMILES string of the molecule is Cc1ccc(NC(=O)/C=C/c2ccc(F)c(Cl)c2)c(O)c1. The number of nitrogens with one attached hydrogen (secondary N) is 1. The van der Waals surface area contributed by atoms with Crippen LogP contribution in [0.1, 0.15) is 11.1 Å². The lowest BCUT2D eigenvalue weighted by Gasteiger charge is -2.05. The molecule has 0 saturated carbocycles. The number of carbonyl (C=O) groups is 1. The van der Waals surface area contributed by atoms with Crippen molar-refractivity contribution in [2.24, 2.45) is 0 Å². The van der Waals surface area contributed by atoms with Crippen LogP contribution in [-0.2, 0) is 4.79 Å². The van der Waals surface area contributed by atoms with E-state index in [1.54, 1.807) is 18.2 Å². The van der Waals surface area contributed by atoms with Crippen molar-refractivity contribution in [1.29, 1.82) is 0 Å². The van der Waals surface area contributed by atoms with E-state index in [-0.39, 0.29) is 10.8 Å². The minimum absolute atomic E-state index is 0.00146. The highest BCUT2D eigenvalue weighted by Crippen LogP contribution is 2.24. The second kappa shape index (κ2) is 6.41. The number of halogens is 2. The number of benzene rings is 2. The second-order valence-electron chi connectivity index (χ2n) is 4.52. The average molecular weight is 306 g/mol. The first-order valence-corrected chi connectivity index (χ1v) is 6.57. The van der Waals surface area contributed by atoms with E-state index in [1.807, 2.05) is 6.92 Å². The molecule has 0 aliphatic carbocycles. The molecule has 0 aromatic heterocycles. The number of anilines is 1. The molecule has 2 aromatic rings. The number of amides is 1. The van der Waals surface area contributed by atoms with Crippen molar-refractivity contribution in [1.82, 2.24) is 0 Å². The molecule has 2 rings (SSSR count). The summed E-state index contributed by atoms with van der Waals surface area (Å²) in [6, 6.07) is 9.10. The van der Waals surface area contributed by atoms with Gasteiger partial charge in [-0.2, -0.15) is 0 Å². The van der Waals surface area contributed by atoms with Crippen molar-refractivity contribution in [3.63, 3.8) is 0 Å². The molecule has 0 heterocycles. The summed E-state index contributed by atoms with van der Waals surface area (Å²) in [4.78, 5) is 11.8. The second-order valence-corrected chi connectivity index (χ2v) is 4.92. The standard InChI is InChI=1S/C16H13ClFNO2/c1-10-2-6-14(15(20)8-10)19-16(21)7-4-11-3-5-13(18)12(17)9-11/h2-9,20H,1H3,(H,19,21)/b7-4+. The lowest BCUT2D eigenvalue weighted by molar-refractivity contribution is -0.111. The number of hydrogen-bond acceptors (Lipinski definition) is 2. The Labute approximate surface area is 126 Å². The molecule has 5 heteroatoms. The number of aryl methyl sites for hydroxylation is 1. The molecular weight excluding hydrogens is 293 g/mol. The first kappa shape index (κ1) is 15.1. The van der Waals surface area contributed by atoms with Gasteiger partial charge in [0, 0.05) is 6.08 Å². The van der Waals surface area contributed by atoms with E-state index < -0.39 is 11.7 Å². The van der Waals surface area contributed by atoms with Gasteiger partial charge in [-0.15, -0.1) is 0 Å². The Bertz CT molecular complexity index is 713. The highest BCUT2D eigenvalue weighted by molar-refractivity contribution is 6.30. The minimum Gasteiger partial charge on any atom is -0.506 e. The Hall–Kier alpha value is -2.33. The maximum Gasteiger partial charge on any atom is 0.248 e. The molecule has 0 aliphatic heterocycles. The van der Waals surface area contributed by atoms with Crippen molar-refractivity contribution in [3.05, 3.63) is 64.4 Å². The zero-order valence-corrected chi connectivity index (χ0v) is 12.0. The first-order chi connectivity index (χ1) is 9.95. The fraction of sp³-hybridized carbons (Fsp3) is 0.0625. The molecule has 2 aromatic carbocycles. The number of hydrogen-bond donors (Lipinski definition) is 2. The van der Waals surface area contributed by atoms with Gasteiger partial charge in [0.25, 0.3) is 0 Å². The van der Waals surface area contributed by atoms with Gasteiger partial charge >= 0.3 is 0 Å². The van der Waals surface area contributed by atoms with Crippen molar-refractivity contribution in [2.75, 3.05) is 5.32 Å². The summed E-state index contributed by atoms with van der Waals surface area (Å²) in [6.45, 7) is 1.84. The van der Waals surface area contributed by atoms with Gasteiger partial charge < -0.3 is 10.4 Å². The lowest BCUT2D eigenvalue weighted by atomic mass is 10.2. The Morgan fingerprint density at radius 1 is 1.29 bits per heavy atom. The van der Waals surface area contributed by atoms with Crippen molar-refractivity contribution >= 4 is 29.3 Å². The van der Waals surface area contributed by atoms with E-state index in [9.17, 15) is 14.3 Å². The molecule has 0 spiro atoms. The van der Waals surface area contributed by atoms with E-state index in [4.69, 9.17) is 11.6 Å². The molecule has 3 nitrogen and oxygen atoms in total. The van der Waals surface area contributed by atoms with Gasteiger partial charge in [0.2, 0.25) is 5.91 Å². The Kier molecular flexibility index (Phi) is 4.60. The van der Waals surface area contributed by atoms with Crippen LogP contribution in [0.3, 0.4) is 0 Å². The molecule has 2 N–H and O–H groups in total. The Balaban J connectivity index is 2.07. The maximum absolute atomic E-state index is 13.0. The van der Waals surface area contributed by atoms with Crippen LogP contribution < -0.4 is 5.32 Å². The van der Waals surface area contributed by atoms with Crippen molar-refractivity contribution < 1.29 is 14.3 Å². The predicted molar refractivity (Wildman–Crippen MR) is 81.9 cm³/mol. The zero-order valence-electron chi connectivity index (χ0n) is 11.2. The van der Waals surface area contributed by atoms with Gasteiger partial charge in [0.1, 0.15) is 11.6 Å². The van der Waals surface area contributed by atoms with Gasteiger partial charge in [-0.25, -0.2) is 4.39 Å². The van der Waals surface area contributed by atoms with Crippen LogP contribution in [0, 0.1) is 12.7 Å². The van der Waals surface area contributed by atoms with Crippen LogP contribution in [0.2, 0.25) is 5.02 Å². The summed E-state index contributed by atoms with van der Waals surface area (Å²) in [7, 11) is 0. The molecular formula is C16H13ClFNO2. The minimum atomic E-state index is -0.511. The van der Waals surface area contributed by atoms with E-state index in [0.29, 0.717) is 11.3 Å². The number of phenols is 1. The topological polar surface area (TPSA) is 49.3 Å². The summed E-state index contributed by atoms with van der Waals surface area (Å²) in [5, 5.41) is 12.2. The number of rotatable bonds is 3. The molecule has 21 heavy (non-hydrogen) atoms. The van der Waals surface area contributed by atoms with E-state index in [1.165, 1.54) is 30.4 Å². The van der Waals surface area contributed by atoms with Crippen LogP contribution in [0.4, 0.5) is 10.1 Å². The van der Waals surface area contributed by atoms with Gasteiger partial charge in [0.15, 0.2) is 0 Å². The van der Waals surface area contributed by atoms with Gasteiger partial charge in [-0.3, -0.25) is 4.79 Å². The molecule has 0 aliphatic rings. The van der Waals surface area contributed by atoms with E-state index in [2.05, 4.69) is 5.32 Å². The molecule has 0 bridgehead atoms. The molecule has 0 radical (unpaired) electrons. The summed E-state index contributed by atoms with van der Waals surface area (Å²) in [6.07, 6.45) is 2.79. The fourth-order valence-corrected chi connectivity index (χ4v) is 1.90. The molecule has 0 unspecified atom stereocenters. The van der Waals surface area contributed by atoms with Crippen molar-refractivity contribution in [2.45, 2.75) is 6.92 Å². The zero-order chi connectivity index (χ0) is 15.4. The highest BCUT2D eigenvalue weighted by Gasteiger charge is 2.04. The summed E-state index contributed by atoms with van der Waals surface area (Å²) < 4.78 is 13.0. The van der Waals surface area contributed by atoms with E-state index >= 15 is 0 Å². The lowest BCUT2D eigenvalue weighted by Crippen LogP contribution is -2.07. The smallest absolute Gasteiger partial charge is 0.248 e. The summed E-state index contributed by atoms with van der Waals surface area (Å²) in [5.74, 6) is -0.918. The Morgan fingerprint density at radius 2 is 2.05 bits per heavy atom. The molecule has 1 amide bonds. The van der Waals surface area contributed by atoms with Crippen LogP contribution in [0.15, 0.2) is 42.5 Å². The third-order valence-corrected chi connectivity index (χ3v) is 3.07. The van der Waals surface area contributed by atoms with Crippen molar-refractivity contribution in [3.8, 4) is 5.75 Å². The Morgan fingerprint density at radius 3 is 2.71 bits per heavy atom. The fourth-order valence-electron chi connectivity index (χ4n) is 1.71. The van der Waals surface area contributed by atoms with Crippen LogP contribution in [0.25, 0.3) is 6.08 Å².